The number of alkyl halides is 3. The minimum absolute atomic E-state index is 0.0455. The standard InChI is InChI=1S/C17H14F3N3O3/c1-26-12-6-4-5-11(9-12)16(25)10-14(17(18,19)20)22-23(16)15(24)13-7-2-3-8-21-13/h2-9,25H,10H2,1H3/t16-/m0/s1. The summed E-state index contributed by atoms with van der Waals surface area (Å²) in [5.74, 6) is -0.628. The third-order valence-electron chi connectivity index (χ3n) is 3.92. The van der Waals surface area contributed by atoms with E-state index in [1.807, 2.05) is 0 Å². The Kier molecular flexibility index (Phi) is 4.41. The Hall–Kier alpha value is -2.94. The van der Waals surface area contributed by atoms with Crippen molar-refractivity contribution < 1.29 is 27.8 Å². The van der Waals surface area contributed by atoms with Crippen LogP contribution < -0.4 is 4.74 Å². The first-order valence-corrected chi connectivity index (χ1v) is 7.53. The van der Waals surface area contributed by atoms with Gasteiger partial charge in [-0.2, -0.15) is 23.3 Å². The van der Waals surface area contributed by atoms with E-state index >= 15 is 0 Å². The minimum Gasteiger partial charge on any atom is -0.497 e. The molecule has 136 valence electrons. The van der Waals surface area contributed by atoms with E-state index in [0.717, 1.165) is 0 Å². The molecule has 1 aliphatic heterocycles. The molecule has 1 N–H and O–H groups in total. The van der Waals surface area contributed by atoms with Crippen molar-refractivity contribution in [2.24, 2.45) is 5.10 Å². The molecule has 6 nitrogen and oxygen atoms in total. The normalized spacial score (nSPS) is 20.0. The molecule has 0 bridgehead atoms. The van der Waals surface area contributed by atoms with Crippen molar-refractivity contribution in [3.63, 3.8) is 0 Å². The summed E-state index contributed by atoms with van der Waals surface area (Å²) in [6.07, 6.45) is -4.36. The predicted molar refractivity (Wildman–Crippen MR) is 85.4 cm³/mol. The molecular weight excluding hydrogens is 351 g/mol. The van der Waals surface area contributed by atoms with Crippen LogP contribution in [-0.2, 0) is 5.72 Å². The number of aromatic nitrogens is 1. The number of ether oxygens (including phenoxy) is 1. The van der Waals surface area contributed by atoms with Crippen molar-refractivity contribution in [3.05, 3.63) is 59.9 Å². The van der Waals surface area contributed by atoms with Gasteiger partial charge in [0.2, 0.25) is 0 Å². The molecule has 0 radical (unpaired) electrons. The van der Waals surface area contributed by atoms with Crippen LogP contribution in [0.3, 0.4) is 0 Å². The van der Waals surface area contributed by atoms with Gasteiger partial charge in [-0.1, -0.05) is 18.2 Å². The van der Waals surface area contributed by atoms with Crippen LogP contribution in [-0.4, -0.2) is 40.0 Å². The maximum Gasteiger partial charge on any atom is 0.431 e. The van der Waals surface area contributed by atoms with Crippen molar-refractivity contribution in [2.45, 2.75) is 18.3 Å². The fraction of sp³-hybridized carbons (Fsp3) is 0.235. The van der Waals surface area contributed by atoms with E-state index < -0.39 is 29.9 Å². The van der Waals surface area contributed by atoms with E-state index in [-0.39, 0.29) is 11.3 Å². The van der Waals surface area contributed by atoms with E-state index in [1.165, 1.54) is 43.6 Å². The van der Waals surface area contributed by atoms with Crippen molar-refractivity contribution in [3.8, 4) is 5.75 Å². The Balaban J connectivity index is 2.09. The first kappa shape index (κ1) is 17.9. The molecule has 0 aliphatic carbocycles. The third-order valence-corrected chi connectivity index (χ3v) is 3.92. The lowest BCUT2D eigenvalue weighted by Gasteiger charge is -2.31. The second kappa shape index (κ2) is 6.41. The van der Waals surface area contributed by atoms with Crippen LogP contribution in [0.5, 0.6) is 5.75 Å². The Morgan fingerprint density at radius 1 is 1.27 bits per heavy atom. The average molecular weight is 365 g/mol. The minimum atomic E-state index is -4.79. The zero-order valence-corrected chi connectivity index (χ0v) is 13.6. The lowest BCUT2D eigenvalue weighted by molar-refractivity contribution is -0.0818. The number of rotatable bonds is 3. The number of aliphatic hydroxyl groups is 1. The van der Waals surface area contributed by atoms with E-state index in [9.17, 15) is 23.1 Å². The molecule has 1 atom stereocenters. The van der Waals surface area contributed by atoms with Crippen LogP contribution in [0.15, 0.2) is 53.8 Å². The molecule has 0 unspecified atom stereocenters. The van der Waals surface area contributed by atoms with E-state index in [2.05, 4.69) is 10.1 Å². The Morgan fingerprint density at radius 3 is 2.65 bits per heavy atom. The number of nitrogens with zero attached hydrogens (tertiary/aromatic N) is 3. The van der Waals surface area contributed by atoms with Gasteiger partial charge >= 0.3 is 6.18 Å². The number of halogens is 3. The zero-order valence-electron chi connectivity index (χ0n) is 13.6. The van der Waals surface area contributed by atoms with Crippen LogP contribution in [0, 0.1) is 0 Å². The number of pyridine rings is 1. The Bertz CT molecular complexity index is 855. The maximum atomic E-state index is 13.2. The van der Waals surface area contributed by atoms with Gasteiger partial charge in [0.15, 0.2) is 5.72 Å². The molecule has 0 fully saturated rings. The zero-order chi connectivity index (χ0) is 18.9. The molecule has 0 spiro atoms. The largest absolute Gasteiger partial charge is 0.497 e. The van der Waals surface area contributed by atoms with Crippen LogP contribution in [0.2, 0.25) is 0 Å². The number of hydrogen-bond donors (Lipinski definition) is 1. The fourth-order valence-electron chi connectivity index (χ4n) is 2.61. The maximum absolute atomic E-state index is 13.2. The van der Waals surface area contributed by atoms with Gasteiger partial charge in [0.25, 0.3) is 5.91 Å². The average Bonchev–Trinajstić information content (AvgIpc) is 3.01. The lowest BCUT2D eigenvalue weighted by Crippen LogP contribution is -2.44. The first-order chi connectivity index (χ1) is 12.3. The van der Waals surface area contributed by atoms with Crippen LogP contribution >= 0.6 is 0 Å². The molecular formula is C17H14F3N3O3. The van der Waals surface area contributed by atoms with Gasteiger partial charge in [0.1, 0.15) is 17.2 Å². The summed E-state index contributed by atoms with van der Waals surface area (Å²) in [5.41, 5.74) is -3.66. The highest BCUT2D eigenvalue weighted by Gasteiger charge is 2.53. The van der Waals surface area contributed by atoms with Gasteiger partial charge in [-0.3, -0.25) is 9.78 Å². The van der Waals surface area contributed by atoms with Gasteiger partial charge in [-0.05, 0) is 24.3 Å². The number of carbonyl (C=O) groups is 1. The van der Waals surface area contributed by atoms with Crippen molar-refractivity contribution in [2.75, 3.05) is 7.11 Å². The summed E-state index contributed by atoms with van der Waals surface area (Å²) in [6.45, 7) is 0. The molecule has 26 heavy (non-hydrogen) atoms. The van der Waals surface area contributed by atoms with Gasteiger partial charge in [0.05, 0.1) is 13.5 Å². The lowest BCUT2D eigenvalue weighted by atomic mass is 9.96. The summed E-state index contributed by atoms with van der Waals surface area (Å²) in [6, 6.07) is 10.2. The summed E-state index contributed by atoms with van der Waals surface area (Å²) in [7, 11) is 1.38. The smallest absolute Gasteiger partial charge is 0.431 e. The predicted octanol–water partition coefficient (Wildman–Crippen LogP) is 2.70. The van der Waals surface area contributed by atoms with Crippen LogP contribution in [0.4, 0.5) is 13.2 Å². The number of benzene rings is 1. The number of amides is 1. The first-order valence-electron chi connectivity index (χ1n) is 7.53. The SMILES string of the molecule is COc1cccc([C@@]2(O)CC(C(F)(F)F)=NN2C(=O)c2ccccn2)c1. The molecule has 3 rings (SSSR count). The molecule has 1 aromatic heterocycles. The molecule has 0 saturated carbocycles. The molecule has 2 aromatic rings. The summed E-state index contributed by atoms with van der Waals surface area (Å²) < 4.78 is 44.6. The van der Waals surface area contributed by atoms with Gasteiger partial charge < -0.3 is 9.84 Å². The molecule has 1 amide bonds. The van der Waals surface area contributed by atoms with E-state index in [1.54, 1.807) is 12.1 Å². The van der Waals surface area contributed by atoms with Crippen LogP contribution in [0.1, 0.15) is 22.5 Å². The number of carbonyl (C=O) groups excluding carboxylic acids is 1. The molecule has 2 heterocycles. The monoisotopic (exact) mass is 365 g/mol. The number of hydrogen-bond acceptors (Lipinski definition) is 5. The molecule has 1 aliphatic rings. The molecule has 1 aromatic carbocycles. The highest BCUT2D eigenvalue weighted by atomic mass is 19.4. The van der Waals surface area contributed by atoms with E-state index in [4.69, 9.17) is 4.74 Å². The van der Waals surface area contributed by atoms with Crippen molar-refractivity contribution in [1.29, 1.82) is 0 Å². The second-order valence-corrected chi connectivity index (χ2v) is 5.60. The van der Waals surface area contributed by atoms with Gasteiger partial charge in [-0.25, -0.2) is 0 Å². The van der Waals surface area contributed by atoms with Gasteiger partial charge in [-0.15, -0.1) is 0 Å². The summed E-state index contributed by atoms with van der Waals surface area (Å²) in [4.78, 5) is 16.5. The topological polar surface area (TPSA) is 75.0 Å². The van der Waals surface area contributed by atoms with Crippen LogP contribution in [0.25, 0.3) is 0 Å². The molecule has 9 heteroatoms. The number of hydrazone groups is 1. The number of methoxy groups -OCH3 is 1. The molecule has 0 saturated heterocycles. The summed E-state index contributed by atoms with van der Waals surface area (Å²) in [5, 5.41) is 14.8. The quantitative estimate of drug-likeness (QED) is 0.908. The Morgan fingerprint density at radius 2 is 2.04 bits per heavy atom. The highest BCUT2D eigenvalue weighted by Crippen LogP contribution is 2.41. The van der Waals surface area contributed by atoms with Crippen molar-refractivity contribution >= 4 is 11.6 Å². The van der Waals surface area contributed by atoms with Crippen molar-refractivity contribution in [1.82, 2.24) is 9.99 Å². The van der Waals surface area contributed by atoms with Gasteiger partial charge in [0, 0.05) is 11.8 Å². The van der Waals surface area contributed by atoms with E-state index in [0.29, 0.717) is 10.8 Å². The highest BCUT2D eigenvalue weighted by molar-refractivity contribution is 5.98. The third kappa shape index (κ3) is 3.13. The fourth-order valence-corrected chi connectivity index (χ4v) is 2.61. The Labute approximate surface area is 146 Å². The second-order valence-electron chi connectivity index (χ2n) is 5.60. The summed E-state index contributed by atoms with van der Waals surface area (Å²) >= 11 is 0.